The molecule has 0 bridgehead atoms. The molecule has 3 rings (SSSR count). The zero-order valence-electron chi connectivity index (χ0n) is 13.0. The van der Waals surface area contributed by atoms with Crippen molar-refractivity contribution in [3.63, 3.8) is 0 Å². The monoisotopic (exact) mass is 327 g/mol. The molecule has 1 atom stereocenters. The Balaban J connectivity index is 1.61. The van der Waals surface area contributed by atoms with Crippen LogP contribution in [0.5, 0.6) is 11.5 Å². The Morgan fingerprint density at radius 3 is 2.42 bits per heavy atom. The molecule has 7 heteroatoms. The smallest absolute Gasteiger partial charge is 0.248 e. The van der Waals surface area contributed by atoms with E-state index in [0.29, 0.717) is 22.7 Å². The minimum absolute atomic E-state index is 0.204. The first kappa shape index (κ1) is 15.7. The second kappa shape index (κ2) is 6.49. The zero-order chi connectivity index (χ0) is 17.1. The molecule has 2 aromatic rings. The maximum atomic E-state index is 12.2. The van der Waals surface area contributed by atoms with Crippen LogP contribution >= 0.6 is 0 Å². The van der Waals surface area contributed by atoms with Gasteiger partial charge in [0.25, 0.3) is 0 Å². The van der Waals surface area contributed by atoms with Gasteiger partial charge in [0.1, 0.15) is 6.04 Å². The van der Waals surface area contributed by atoms with Crippen LogP contribution in [0.25, 0.3) is 0 Å². The molecule has 0 aromatic heterocycles. The van der Waals surface area contributed by atoms with Crippen LogP contribution in [0.3, 0.4) is 0 Å². The quantitative estimate of drug-likeness (QED) is 0.779. The lowest BCUT2D eigenvalue weighted by atomic mass is 10.2. The lowest BCUT2D eigenvalue weighted by molar-refractivity contribution is -0.116. The maximum Gasteiger partial charge on any atom is 0.248 e. The van der Waals surface area contributed by atoms with E-state index >= 15 is 0 Å². The third-order valence-electron chi connectivity index (χ3n) is 3.59. The van der Waals surface area contributed by atoms with Crippen molar-refractivity contribution in [2.45, 2.75) is 13.0 Å². The minimum Gasteiger partial charge on any atom is -0.454 e. The van der Waals surface area contributed by atoms with Gasteiger partial charge in [-0.25, -0.2) is 0 Å². The molecule has 2 aromatic carbocycles. The van der Waals surface area contributed by atoms with Gasteiger partial charge in [-0.2, -0.15) is 0 Å². The second-order valence-corrected chi connectivity index (χ2v) is 5.36. The summed E-state index contributed by atoms with van der Waals surface area (Å²) in [4.78, 5) is 23.3. The number of hydrogen-bond donors (Lipinski definition) is 3. The first-order valence-corrected chi connectivity index (χ1v) is 7.40. The molecule has 1 aliphatic heterocycles. The van der Waals surface area contributed by atoms with E-state index in [1.807, 2.05) is 6.07 Å². The predicted molar refractivity (Wildman–Crippen MR) is 89.2 cm³/mol. The summed E-state index contributed by atoms with van der Waals surface area (Å²) in [6.45, 7) is 1.95. The molecule has 2 amide bonds. The number of nitrogens with one attached hydrogen (secondary N) is 2. The van der Waals surface area contributed by atoms with Gasteiger partial charge in [-0.1, -0.05) is 0 Å². The van der Waals surface area contributed by atoms with Gasteiger partial charge in [0.2, 0.25) is 18.6 Å². The van der Waals surface area contributed by atoms with E-state index in [4.69, 9.17) is 15.2 Å². The van der Waals surface area contributed by atoms with Crippen LogP contribution in [0.4, 0.5) is 11.4 Å². The van der Waals surface area contributed by atoms with Crippen molar-refractivity contribution in [2.24, 2.45) is 5.73 Å². The van der Waals surface area contributed by atoms with Gasteiger partial charge in [0.05, 0.1) is 0 Å². The summed E-state index contributed by atoms with van der Waals surface area (Å²) in [7, 11) is 0. The fraction of sp³-hybridized carbons (Fsp3) is 0.176. The van der Waals surface area contributed by atoms with Crippen molar-refractivity contribution in [1.82, 2.24) is 0 Å². The molecule has 24 heavy (non-hydrogen) atoms. The molecule has 0 saturated heterocycles. The first-order chi connectivity index (χ1) is 11.5. The van der Waals surface area contributed by atoms with E-state index in [0.717, 1.165) is 5.69 Å². The fourth-order valence-corrected chi connectivity index (χ4v) is 2.27. The summed E-state index contributed by atoms with van der Waals surface area (Å²) in [5, 5.41) is 5.87. The molecule has 0 unspecified atom stereocenters. The van der Waals surface area contributed by atoms with Gasteiger partial charge in [-0.15, -0.1) is 0 Å². The van der Waals surface area contributed by atoms with Crippen LogP contribution in [0.15, 0.2) is 42.5 Å². The largest absolute Gasteiger partial charge is 0.454 e. The standard InChI is InChI=1S/C17H17N3O4/c1-10(19-13-6-7-14-15(8-13)24-9-23-14)17(22)20-12-4-2-11(3-5-12)16(18)21/h2-8,10,19H,9H2,1H3,(H2,18,21)(H,20,22)/t10-/m1/s1. The van der Waals surface area contributed by atoms with E-state index in [1.165, 1.54) is 0 Å². The van der Waals surface area contributed by atoms with E-state index in [1.54, 1.807) is 43.3 Å². The van der Waals surface area contributed by atoms with Crippen LogP contribution in [-0.2, 0) is 4.79 Å². The van der Waals surface area contributed by atoms with Crippen LogP contribution < -0.4 is 25.8 Å². The Morgan fingerprint density at radius 2 is 1.71 bits per heavy atom. The van der Waals surface area contributed by atoms with Gasteiger partial charge < -0.3 is 25.8 Å². The number of nitrogens with two attached hydrogens (primary N) is 1. The summed E-state index contributed by atoms with van der Waals surface area (Å²) >= 11 is 0. The summed E-state index contributed by atoms with van der Waals surface area (Å²) < 4.78 is 10.6. The van der Waals surface area contributed by atoms with Crippen molar-refractivity contribution >= 4 is 23.2 Å². The van der Waals surface area contributed by atoms with Crippen LogP contribution in [-0.4, -0.2) is 24.6 Å². The third-order valence-corrected chi connectivity index (χ3v) is 3.59. The molecule has 0 radical (unpaired) electrons. The molecule has 7 nitrogen and oxygen atoms in total. The number of amides is 2. The molecule has 1 heterocycles. The highest BCUT2D eigenvalue weighted by Crippen LogP contribution is 2.34. The van der Waals surface area contributed by atoms with Gasteiger partial charge in [0, 0.05) is 23.0 Å². The summed E-state index contributed by atoms with van der Waals surface area (Å²) in [5.74, 6) is 0.618. The highest BCUT2D eigenvalue weighted by atomic mass is 16.7. The molecule has 0 fully saturated rings. The maximum absolute atomic E-state index is 12.2. The number of benzene rings is 2. The van der Waals surface area contributed by atoms with Gasteiger partial charge in [-0.3, -0.25) is 9.59 Å². The summed E-state index contributed by atoms with van der Waals surface area (Å²) in [6.07, 6.45) is 0. The zero-order valence-corrected chi connectivity index (χ0v) is 13.0. The van der Waals surface area contributed by atoms with Crippen LogP contribution in [0.1, 0.15) is 17.3 Å². The van der Waals surface area contributed by atoms with E-state index in [-0.39, 0.29) is 12.7 Å². The number of carbonyl (C=O) groups excluding carboxylic acids is 2. The second-order valence-electron chi connectivity index (χ2n) is 5.36. The summed E-state index contributed by atoms with van der Waals surface area (Å²) in [5.41, 5.74) is 6.91. The average molecular weight is 327 g/mol. The van der Waals surface area contributed by atoms with Gasteiger partial charge in [0.15, 0.2) is 11.5 Å². The van der Waals surface area contributed by atoms with Gasteiger partial charge in [-0.05, 0) is 43.3 Å². The van der Waals surface area contributed by atoms with Crippen molar-refractivity contribution in [2.75, 3.05) is 17.4 Å². The Morgan fingerprint density at radius 1 is 1.04 bits per heavy atom. The fourth-order valence-electron chi connectivity index (χ4n) is 2.27. The molecule has 0 aliphatic carbocycles. The number of primary amides is 1. The molecular weight excluding hydrogens is 310 g/mol. The Bertz CT molecular complexity index is 774. The van der Waals surface area contributed by atoms with Crippen LogP contribution in [0, 0.1) is 0 Å². The normalized spacial score (nSPS) is 13.2. The average Bonchev–Trinajstić information content (AvgIpc) is 3.03. The number of fused-ring (bicyclic) bond motifs is 1. The van der Waals surface area contributed by atoms with Gasteiger partial charge >= 0.3 is 0 Å². The molecular formula is C17H17N3O4. The van der Waals surface area contributed by atoms with E-state index < -0.39 is 11.9 Å². The van der Waals surface area contributed by atoms with Crippen molar-refractivity contribution in [3.05, 3.63) is 48.0 Å². The number of rotatable bonds is 5. The Hall–Kier alpha value is -3.22. The number of anilines is 2. The summed E-state index contributed by atoms with van der Waals surface area (Å²) in [6, 6.07) is 11.3. The first-order valence-electron chi connectivity index (χ1n) is 7.40. The molecule has 124 valence electrons. The van der Waals surface area contributed by atoms with E-state index in [9.17, 15) is 9.59 Å². The lowest BCUT2D eigenvalue weighted by Gasteiger charge is -2.15. The topological polar surface area (TPSA) is 103 Å². The lowest BCUT2D eigenvalue weighted by Crippen LogP contribution is -2.31. The van der Waals surface area contributed by atoms with E-state index in [2.05, 4.69) is 10.6 Å². The SMILES string of the molecule is C[C@@H](Nc1ccc2c(c1)OCO2)C(=O)Nc1ccc(C(N)=O)cc1. The number of ether oxygens (including phenoxy) is 2. The van der Waals surface area contributed by atoms with Crippen molar-refractivity contribution < 1.29 is 19.1 Å². The third kappa shape index (κ3) is 3.40. The van der Waals surface area contributed by atoms with Crippen molar-refractivity contribution in [3.8, 4) is 11.5 Å². The molecule has 0 saturated carbocycles. The highest BCUT2D eigenvalue weighted by Gasteiger charge is 2.17. The molecule has 0 spiro atoms. The molecule has 4 N–H and O–H groups in total. The highest BCUT2D eigenvalue weighted by molar-refractivity contribution is 5.97. The van der Waals surface area contributed by atoms with Crippen molar-refractivity contribution in [1.29, 1.82) is 0 Å². The minimum atomic E-state index is -0.509. The molecule has 1 aliphatic rings. The number of hydrogen-bond acceptors (Lipinski definition) is 5. The Labute approximate surface area is 138 Å². The Kier molecular flexibility index (Phi) is 4.24. The predicted octanol–water partition coefficient (Wildman–Crippen LogP) is 1.95. The van der Waals surface area contributed by atoms with Crippen LogP contribution in [0.2, 0.25) is 0 Å². The number of carbonyl (C=O) groups is 2.